The molecule has 34 heavy (non-hydrogen) atoms. The van der Waals surface area contributed by atoms with Crippen LogP contribution in [0.5, 0.6) is 0 Å². The van der Waals surface area contributed by atoms with Gasteiger partial charge in [-0.3, -0.25) is 14.9 Å². The zero-order valence-corrected chi connectivity index (χ0v) is 18.8. The summed E-state index contributed by atoms with van der Waals surface area (Å²) in [6.45, 7) is 3.22. The number of rotatable bonds is 4. The quantitative estimate of drug-likeness (QED) is 0.562. The highest BCUT2D eigenvalue weighted by Gasteiger charge is 2.66. The average Bonchev–Trinajstić information content (AvgIpc) is 3.41. The van der Waals surface area contributed by atoms with E-state index in [9.17, 15) is 13.6 Å². The molecule has 1 aliphatic heterocycles. The van der Waals surface area contributed by atoms with E-state index in [0.29, 0.717) is 11.5 Å². The lowest BCUT2D eigenvalue weighted by Gasteiger charge is -2.45. The molecule has 5 rings (SSSR count). The van der Waals surface area contributed by atoms with Crippen LogP contribution in [0.3, 0.4) is 0 Å². The smallest absolute Gasteiger partial charge is 0.327 e. The van der Waals surface area contributed by atoms with Gasteiger partial charge in [0.25, 0.3) is 5.92 Å². The Labute approximate surface area is 195 Å². The van der Waals surface area contributed by atoms with E-state index in [1.54, 1.807) is 25.3 Å². The standard InChI is InChI=1S/C25H25F2N5O2/c1-14-18(21-15(2)34-23(33)24(21,28)12-25(14,26)27)10-9-17-8-7-16(11-29-17)19-5-3-4-6-20(19)22-30-13-31-32-22/h3-11,13-15,18,21H,12,28H2,1-2H3,(H,30,31,32)/b10-9+/t14-,15+,18-,21-,24-/m0/s1. The topological polar surface area (TPSA) is 107 Å². The van der Waals surface area contributed by atoms with Gasteiger partial charge in [0.2, 0.25) is 0 Å². The Morgan fingerprint density at radius 2 is 1.91 bits per heavy atom. The van der Waals surface area contributed by atoms with E-state index in [0.717, 1.165) is 16.7 Å². The molecular weight excluding hydrogens is 440 g/mol. The van der Waals surface area contributed by atoms with Crippen LogP contribution in [0.15, 0.2) is 55.0 Å². The average molecular weight is 466 g/mol. The number of esters is 1. The summed E-state index contributed by atoms with van der Waals surface area (Å²) in [5.74, 6) is -5.33. The summed E-state index contributed by atoms with van der Waals surface area (Å²) in [7, 11) is 0. The second-order valence-corrected chi connectivity index (χ2v) is 9.19. The van der Waals surface area contributed by atoms with Gasteiger partial charge in [0, 0.05) is 35.6 Å². The highest BCUT2D eigenvalue weighted by molar-refractivity contribution is 5.84. The van der Waals surface area contributed by atoms with Crippen molar-refractivity contribution in [2.75, 3.05) is 0 Å². The number of ether oxygens (including phenoxy) is 1. The van der Waals surface area contributed by atoms with Crippen LogP contribution < -0.4 is 5.73 Å². The van der Waals surface area contributed by atoms with Gasteiger partial charge in [-0.2, -0.15) is 5.10 Å². The second kappa shape index (κ2) is 8.09. The van der Waals surface area contributed by atoms with Crippen molar-refractivity contribution in [3.05, 3.63) is 60.7 Å². The van der Waals surface area contributed by atoms with Crippen molar-refractivity contribution < 1.29 is 18.3 Å². The van der Waals surface area contributed by atoms with Gasteiger partial charge in [-0.05, 0) is 30.5 Å². The minimum Gasteiger partial charge on any atom is -0.461 e. The third kappa shape index (κ3) is 3.60. The van der Waals surface area contributed by atoms with Crippen LogP contribution >= 0.6 is 0 Å². The van der Waals surface area contributed by atoms with Crippen LogP contribution in [0.4, 0.5) is 8.78 Å². The molecule has 0 spiro atoms. The molecule has 1 saturated carbocycles. The molecule has 0 bridgehead atoms. The van der Waals surface area contributed by atoms with Gasteiger partial charge >= 0.3 is 5.97 Å². The van der Waals surface area contributed by atoms with Crippen molar-refractivity contribution in [3.8, 4) is 22.5 Å². The number of H-pyrrole nitrogens is 1. The molecule has 2 aromatic heterocycles. The molecule has 2 fully saturated rings. The van der Waals surface area contributed by atoms with Crippen LogP contribution in [0.25, 0.3) is 28.6 Å². The van der Waals surface area contributed by atoms with Crippen molar-refractivity contribution in [1.82, 2.24) is 20.2 Å². The molecule has 3 N–H and O–H groups in total. The lowest BCUT2D eigenvalue weighted by molar-refractivity contribution is -0.155. The zero-order valence-electron chi connectivity index (χ0n) is 18.8. The van der Waals surface area contributed by atoms with Crippen LogP contribution in [-0.2, 0) is 9.53 Å². The Morgan fingerprint density at radius 1 is 1.15 bits per heavy atom. The lowest BCUT2D eigenvalue weighted by Crippen LogP contribution is -2.62. The number of nitrogens with one attached hydrogen (secondary N) is 1. The third-order valence-electron chi connectivity index (χ3n) is 7.14. The van der Waals surface area contributed by atoms with E-state index in [1.807, 2.05) is 36.4 Å². The molecule has 9 heteroatoms. The number of nitrogens with two attached hydrogens (primary N) is 1. The molecule has 7 nitrogen and oxygen atoms in total. The van der Waals surface area contributed by atoms with E-state index < -0.39 is 47.7 Å². The van der Waals surface area contributed by atoms with Crippen molar-refractivity contribution in [1.29, 1.82) is 0 Å². The highest BCUT2D eigenvalue weighted by atomic mass is 19.3. The van der Waals surface area contributed by atoms with Gasteiger partial charge in [0.05, 0.1) is 5.69 Å². The number of carbonyl (C=O) groups is 1. The number of aromatic nitrogens is 4. The predicted octanol–water partition coefficient (Wildman–Crippen LogP) is 4.10. The van der Waals surface area contributed by atoms with E-state index in [-0.39, 0.29) is 0 Å². The molecule has 3 aromatic rings. The molecule has 0 radical (unpaired) electrons. The molecule has 5 atom stereocenters. The number of fused-ring (bicyclic) bond motifs is 1. The highest BCUT2D eigenvalue weighted by Crippen LogP contribution is 2.53. The number of allylic oxidation sites excluding steroid dienone is 1. The van der Waals surface area contributed by atoms with E-state index >= 15 is 0 Å². The second-order valence-electron chi connectivity index (χ2n) is 9.19. The number of alkyl halides is 2. The normalized spacial score (nSPS) is 30.3. The SMILES string of the molecule is C[C@H]1OC(=O)[C@]2(N)CC(F)(F)[C@@H](C)[C@H](/C=C/c3ccc(-c4ccccc4-c4ncn[nH]4)cn3)[C@H]12. The maximum atomic E-state index is 14.8. The minimum atomic E-state index is -3.08. The van der Waals surface area contributed by atoms with Gasteiger partial charge < -0.3 is 10.5 Å². The number of aromatic amines is 1. The summed E-state index contributed by atoms with van der Waals surface area (Å²) < 4.78 is 34.9. The van der Waals surface area contributed by atoms with Crippen LogP contribution in [-0.4, -0.2) is 43.7 Å². The van der Waals surface area contributed by atoms with Gasteiger partial charge in [0.1, 0.15) is 18.0 Å². The molecular formula is C25H25F2N5O2. The first-order valence-corrected chi connectivity index (χ1v) is 11.2. The van der Waals surface area contributed by atoms with Gasteiger partial charge in [-0.15, -0.1) is 0 Å². The van der Waals surface area contributed by atoms with Gasteiger partial charge in [-0.1, -0.05) is 43.3 Å². The largest absolute Gasteiger partial charge is 0.461 e. The fraction of sp³-hybridized carbons (Fsp3) is 0.360. The fourth-order valence-corrected chi connectivity index (χ4v) is 5.33. The van der Waals surface area contributed by atoms with Crippen molar-refractivity contribution in [2.45, 2.75) is 37.8 Å². The van der Waals surface area contributed by atoms with Crippen LogP contribution in [0.2, 0.25) is 0 Å². The summed E-state index contributed by atoms with van der Waals surface area (Å²) in [6, 6.07) is 11.5. The number of hydrogen-bond acceptors (Lipinski definition) is 6. The summed E-state index contributed by atoms with van der Waals surface area (Å²) in [6.07, 6.45) is 5.36. The van der Waals surface area contributed by atoms with E-state index in [2.05, 4.69) is 20.2 Å². The molecule has 0 amide bonds. The number of nitrogens with zero attached hydrogens (tertiary/aromatic N) is 3. The zero-order chi connectivity index (χ0) is 24.1. The Bertz CT molecular complexity index is 1230. The van der Waals surface area contributed by atoms with Crippen molar-refractivity contribution in [3.63, 3.8) is 0 Å². The molecule has 0 unspecified atom stereocenters. The third-order valence-corrected chi connectivity index (χ3v) is 7.14. The van der Waals surface area contributed by atoms with Gasteiger partial charge in [-0.25, -0.2) is 13.8 Å². The predicted molar refractivity (Wildman–Crippen MR) is 122 cm³/mol. The molecule has 1 saturated heterocycles. The van der Waals surface area contributed by atoms with E-state index in [1.165, 1.54) is 13.3 Å². The summed E-state index contributed by atoms with van der Waals surface area (Å²) >= 11 is 0. The Hall–Kier alpha value is -3.46. The number of halogens is 2. The first-order chi connectivity index (χ1) is 16.2. The maximum Gasteiger partial charge on any atom is 0.327 e. The van der Waals surface area contributed by atoms with Gasteiger partial charge in [0.15, 0.2) is 5.82 Å². The Kier molecular flexibility index (Phi) is 5.31. The molecule has 176 valence electrons. The first kappa shape index (κ1) is 22.3. The minimum absolute atomic E-state index is 0.529. The fourth-order valence-electron chi connectivity index (χ4n) is 5.33. The number of hydrogen-bond donors (Lipinski definition) is 2. The number of benzene rings is 1. The monoisotopic (exact) mass is 465 g/mol. The van der Waals surface area contributed by atoms with E-state index in [4.69, 9.17) is 10.5 Å². The molecule has 3 heterocycles. The molecule has 2 aliphatic rings. The Morgan fingerprint density at radius 3 is 2.59 bits per heavy atom. The number of cyclic esters (lactones) is 1. The molecule has 1 aliphatic carbocycles. The summed E-state index contributed by atoms with van der Waals surface area (Å²) in [5.41, 5.74) is 7.85. The number of carbonyl (C=O) groups excluding carboxylic acids is 1. The first-order valence-electron chi connectivity index (χ1n) is 11.2. The van der Waals surface area contributed by atoms with Crippen LogP contribution in [0, 0.1) is 17.8 Å². The summed E-state index contributed by atoms with van der Waals surface area (Å²) in [5, 5.41) is 6.79. The summed E-state index contributed by atoms with van der Waals surface area (Å²) in [4.78, 5) is 21.1. The maximum absolute atomic E-state index is 14.8. The van der Waals surface area contributed by atoms with Crippen molar-refractivity contribution >= 4 is 12.0 Å². The lowest BCUT2D eigenvalue weighted by atomic mass is 9.61. The Balaban J connectivity index is 1.43. The van der Waals surface area contributed by atoms with Crippen LogP contribution in [0.1, 0.15) is 26.0 Å². The number of pyridine rings is 1. The van der Waals surface area contributed by atoms with Crippen molar-refractivity contribution in [2.24, 2.45) is 23.5 Å². The molecule has 1 aromatic carbocycles.